The molecule has 1 heterocycles. The highest BCUT2D eigenvalue weighted by Crippen LogP contribution is 2.24. The summed E-state index contributed by atoms with van der Waals surface area (Å²) in [6, 6.07) is 7.42. The molecular weight excluding hydrogens is 251 g/mol. The zero-order chi connectivity index (χ0) is 12.6. The molecule has 0 aliphatic rings. The number of fused-ring (bicyclic) bond motifs is 1. The Bertz CT molecular complexity index is 534. The third-order valence-corrected chi connectivity index (χ3v) is 3.06. The zero-order valence-corrected chi connectivity index (χ0v) is 12.1. The van der Waals surface area contributed by atoms with Crippen molar-refractivity contribution in [3.05, 3.63) is 35.8 Å². The first kappa shape index (κ1) is 15.0. The predicted octanol–water partition coefficient (Wildman–Crippen LogP) is 3.63. The Morgan fingerprint density at radius 3 is 2.56 bits per heavy atom. The first-order valence-corrected chi connectivity index (χ1v) is 5.91. The molecule has 4 heteroatoms. The SMILES string of the molecule is Cc1cc2cc(F)ccc2n1C(C)CN(C)C.Cl. The van der Waals surface area contributed by atoms with Crippen molar-refractivity contribution in [2.75, 3.05) is 20.6 Å². The van der Waals surface area contributed by atoms with Gasteiger partial charge in [0.15, 0.2) is 0 Å². The fourth-order valence-corrected chi connectivity index (χ4v) is 2.54. The number of likely N-dealkylation sites (N-methyl/N-ethyl adjacent to an activating group) is 1. The molecule has 0 N–H and O–H groups in total. The summed E-state index contributed by atoms with van der Waals surface area (Å²) in [5.41, 5.74) is 2.29. The molecule has 2 rings (SSSR count). The highest BCUT2D eigenvalue weighted by Gasteiger charge is 2.12. The van der Waals surface area contributed by atoms with Crippen molar-refractivity contribution in [1.82, 2.24) is 9.47 Å². The molecule has 1 aromatic carbocycles. The fourth-order valence-electron chi connectivity index (χ4n) is 2.54. The van der Waals surface area contributed by atoms with Gasteiger partial charge in [0.1, 0.15) is 5.82 Å². The van der Waals surface area contributed by atoms with Gasteiger partial charge in [-0.15, -0.1) is 12.4 Å². The van der Waals surface area contributed by atoms with E-state index in [1.54, 1.807) is 6.07 Å². The summed E-state index contributed by atoms with van der Waals surface area (Å²) in [6.45, 7) is 5.24. The molecule has 0 saturated heterocycles. The molecule has 100 valence electrons. The number of rotatable bonds is 3. The van der Waals surface area contributed by atoms with Crippen molar-refractivity contribution in [2.45, 2.75) is 19.9 Å². The molecule has 0 saturated carbocycles. The number of aromatic nitrogens is 1. The van der Waals surface area contributed by atoms with Gasteiger partial charge in [-0.05, 0) is 52.2 Å². The van der Waals surface area contributed by atoms with Crippen LogP contribution in [0.2, 0.25) is 0 Å². The molecule has 18 heavy (non-hydrogen) atoms. The van der Waals surface area contributed by atoms with E-state index in [9.17, 15) is 4.39 Å². The van der Waals surface area contributed by atoms with E-state index in [0.717, 1.165) is 17.4 Å². The molecule has 0 spiro atoms. The summed E-state index contributed by atoms with van der Waals surface area (Å²) in [6.07, 6.45) is 0. The minimum atomic E-state index is -0.171. The summed E-state index contributed by atoms with van der Waals surface area (Å²) >= 11 is 0. The van der Waals surface area contributed by atoms with Crippen LogP contribution >= 0.6 is 12.4 Å². The standard InChI is InChI=1S/C14H19FN2.ClH/c1-10-7-12-8-13(15)5-6-14(12)17(10)11(2)9-16(3)4;/h5-8,11H,9H2,1-4H3;1H. The summed E-state index contributed by atoms with van der Waals surface area (Å²) in [7, 11) is 4.13. The summed E-state index contributed by atoms with van der Waals surface area (Å²) in [4.78, 5) is 2.17. The van der Waals surface area contributed by atoms with Crippen molar-refractivity contribution in [3.8, 4) is 0 Å². The van der Waals surface area contributed by atoms with Gasteiger partial charge in [0.05, 0.1) is 0 Å². The Hall–Kier alpha value is -1.06. The van der Waals surface area contributed by atoms with Crippen LogP contribution in [0.4, 0.5) is 4.39 Å². The Morgan fingerprint density at radius 2 is 1.94 bits per heavy atom. The van der Waals surface area contributed by atoms with Crippen LogP contribution in [-0.4, -0.2) is 30.1 Å². The van der Waals surface area contributed by atoms with Crippen LogP contribution in [0.1, 0.15) is 18.7 Å². The molecule has 0 aliphatic heterocycles. The van der Waals surface area contributed by atoms with Gasteiger partial charge in [-0.25, -0.2) is 4.39 Å². The predicted molar refractivity (Wildman–Crippen MR) is 77.1 cm³/mol. The molecule has 0 bridgehead atoms. The van der Waals surface area contributed by atoms with E-state index in [1.807, 2.05) is 12.1 Å². The van der Waals surface area contributed by atoms with Crippen LogP contribution in [0.3, 0.4) is 0 Å². The van der Waals surface area contributed by atoms with Crippen molar-refractivity contribution in [1.29, 1.82) is 0 Å². The van der Waals surface area contributed by atoms with Gasteiger partial charge >= 0.3 is 0 Å². The largest absolute Gasteiger partial charge is 0.341 e. The molecule has 1 unspecified atom stereocenters. The molecule has 0 radical (unpaired) electrons. The van der Waals surface area contributed by atoms with Crippen LogP contribution in [-0.2, 0) is 0 Å². The number of hydrogen-bond acceptors (Lipinski definition) is 1. The lowest BCUT2D eigenvalue weighted by molar-refractivity contribution is 0.339. The van der Waals surface area contributed by atoms with Crippen LogP contribution in [0.25, 0.3) is 10.9 Å². The lowest BCUT2D eigenvalue weighted by Crippen LogP contribution is -2.22. The minimum absolute atomic E-state index is 0. The van der Waals surface area contributed by atoms with Gasteiger partial charge in [-0.3, -0.25) is 0 Å². The second kappa shape index (κ2) is 5.72. The third kappa shape index (κ3) is 2.85. The van der Waals surface area contributed by atoms with E-state index >= 15 is 0 Å². The van der Waals surface area contributed by atoms with Crippen LogP contribution in [0.5, 0.6) is 0 Å². The first-order valence-electron chi connectivity index (χ1n) is 5.91. The maximum Gasteiger partial charge on any atom is 0.123 e. The monoisotopic (exact) mass is 270 g/mol. The van der Waals surface area contributed by atoms with Gasteiger partial charge in [0.25, 0.3) is 0 Å². The van der Waals surface area contributed by atoms with Gasteiger partial charge in [0, 0.05) is 29.2 Å². The molecule has 1 atom stereocenters. The Kier molecular flexibility index (Phi) is 4.77. The minimum Gasteiger partial charge on any atom is -0.341 e. The molecule has 0 fully saturated rings. The van der Waals surface area contributed by atoms with Crippen LogP contribution in [0.15, 0.2) is 24.3 Å². The highest BCUT2D eigenvalue weighted by atomic mass is 35.5. The van der Waals surface area contributed by atoms with E-state index < -0.39 is 0 Å². The van der Waals surface area contributed by atoms with E-state index in [1.165, 1.54) is 11.8 Å². The lowest BCUT2D eigenvalue weighted by atomic mass is 10.2. The van der Waals surface area contributed by atoms with E-state index in [-0.39, 0.29) is 18.2 Å². The molecule has 2 nitrogen and oxygen atoms in total. The first-order chi connectivity index (χ1) is 7.99. The van der Waals surface area contributed by atoms with Gasteiger partial charge in [-0.1, -0.05) is 0 Å². The van der Waals surface area contributed by atoms with Gasteiger partial charge in [-0.2, -0.15) is 0 Å². The molecule has 1 aromatic heterocycles. The Morgan fingerprint density at radius 1 is 1.28 bits per heavy atom. The number of aryl methyl sites for hydroxylation is 1. The highest BCUT2D eigenvalue weighted by molar-refractivity contribution is 5.85. The summed E-state index contributed by atoms with van der Waals surface area (Å²) < 4.78 is 15.4. The van der Waals surface area contributed by atoms with Crippen molar-refractivity contribution in [2.24, 2.45) is 0 Å². The topological polar surface area (TPSA) is 8.17 Å². The average Bonchev–Trinajstić information content (AvgIpc) is 2.51. The van der Waals surface area contributed by atoms with Gasteiger partial charge < -0.3 is 9.47 Å². The average molecular weight is 271 g/mol. The number of nitrogens with zero attached hydrogens (tertiary/aromatic N) is 2. The lowest BCUT2D eigenvalue weighted by Gasteiger charge is -2.21. The zero-order valence-electron chi connectivity index (χ0n) is 11.3. The molecule has 0 amide bonds. The quantitative estimate of drug-likeness (QED) is 0.827. The number of halogens is 2. The van der Waals surface area contributed by atoms with E-state index in [0.29, 0.717) is 6.04 Å². The van der Waals surface area contributed by atoms with Crippen molar-refractivity contribution in [3.63, 3.8) is 0 Å². The molecular formula is C14H20ClFN2. The fraction of sp³-hybridized carbons (Fsp3) is 0.429. The van der Waals surface area contributed by atoms with Crippen LogP contribution < -0.4 is 0 Å². The van der Waals surface area contributed by atoms with Crippen molar-refractivity contribution < 1.29 is 4.39 Å². The molecule has 2 aromatic rings. The number of benzene rings is 1. The van der Waals surface area contributed by atoms with E-state index in [4.69, 9.17) is 0 Å². The second-order valence-corrected chi connectivity index (χ2v) is 4.97. The maximum atomic E-state index is 13.2. The Balaban J connectivity index is 0.00000162. The third-order valence-electron chi connectivity index (χ3n) is 3.06. The maximum absolute atomic E-state index is 13.2. The summed E-state index contributed by atoms with van der Waals surface area (Å²) in [5, 5.41) is 0.980. The number of hydrogen-bond donors (Lipinski definition) is 0. The van der Waals surface area contributed by atoms with Crippen LogP contribution in [0, 0.1) is 12.7 Å². The summed E-state index contributed by atoms with van der Waals surface area (Å²) in [5.74, 6) is -0.171. The Labute approximate surface area is 114 Å². The van der Waals surface area contributed by atoms with E-state index in [2.05, 4.69) is 37.4 Å². The normalized spacial score (nSPS) is 12.8. The molecule has 0 aliphatic carbocycles. The van der Waals surface area contributed by atoms with Crippen molar-refractivity contribution >= 4 is 23.3 Å². The smallest absolute Gasteiger partial charge is 0.123 e. The second-order valence-electron chi connectivity index (χ2n) is 4.97. The van der Waals surface area contributed by atoms with Gasteiger partial charge in [0.2, 0.25) is 0 Å².